The van der Waals surface area contributed by atoms with Crippen LogP contribution in [0.1, 0.15) is 29.2 Å². The molecule has 1 atom stereocenters. The van der Waals surface area contributed by atoms with Crippen molar-refractivity contribution in [3.8, 4) is 0 Å². The van der Waals surface area contributed by atoms with Gasteiger partial charge in [0.1, 0.15) is 5.15 Å². The Morgan fingerprint density at radius 2 is 1.91 bits per heavy atom. The highest BCUT2D eigenvalue weighted by Crippen LogP contribution is 2.29. The van der Waals surface area contributed by atoms with E-state index in [0.717, 1.165) is 34.2 Å². The molecule has 1 aromatic heterocycles. The first-order chi connectivity index (χ1) is 11.2. The van der Waals surface area contributed by atoms with Crippen LogP contribution in [-0.4, -0.2) is 10.7 Å². The van der Waals surface area contributed by atoms with Gasteiger partial charge < -0.3 is 5.43 Å². The quantitative estimate of drug-likeness (QED) is 0.698. The molecule has 114 valence electrons. The topological polar surface area (TPSA) is 37.3 Å². The lowest BCUT2D eigenvalue weighted by atomic mass is 9.99. The third-order valence-electron chi connectivity index (χ3n) is 4.27. The molecule has 1 aliphatic heterocycles. The van der Waals surface area contributed by atoms with E-state index in [-0.39, 0.29) is 6.04 Å². The number of aromatic nitrogens is 1. The van der Waals surface area contributed by atoms with Crippen molar-refractivity contribution in [2.75, 3.05) is 0 Å². The molecule has 1 unspecified atom stereocenters. The van der Waals surface area contributed by atoms with Crippen molar-refractivity contribution in [1.82, 2.24) is 10.4 Å². The molecule has 4 heteroatoms. The summed E-state index contributed by atoms with van der Waals surface area (Å²) >= 11 is 6.43. The van der Waals surface area contributed by atoms with Crippen LogP contribution in [0.5, 0.6) is 0 Å². The molecule has 1 N–H and O–H groups in total. The third-order valence-corrected chi connectivity index (χ3v) is 4.55. The monoisotopic (exact) mass is 321 g/mol. The van der Waals surface area contributed by atoms with Gasteiger partial charge in [-0.1, -0.05) is 60.1 Å². The first-order valence-corrected chi connectivity index (χ1v) is 8.03. The maximum absolute atomic E-state index is 6.43. The van der Waals surface area contributed by atoms with Crippen LogP contribution in [0.4, 0.5) is 0 Å². The van der Waals surface area contributed by atoms with Crippen LogP contribution in [-0.2, 0) is 0 Å². The van der Waals surface area contributed by atoms with E-state index < -0.39 is 0 Å². The maximum Gasteiger partial charge on any atom is 0.138 e. The normalized spacial score (nSPS) is 17.1. The van der Waals surface area contributed by atoms with E-state index in [2.05, 4.69) is 39.8 Å². The molecule has 0 aliphatic carbocycles. The van der Waals surface area contributed by atoms with Crippen molar-refractivity contribution >= 4 is 28.2 Å². The molecule has 0 bridgehead atoms. The van der Waals surface area contributed by atoms with Crippen molar-refractivity contribution < 1.29 is 0 Å². The number of benzene rings is 2. The average Bonchev–Trinajstić information content (AvgIpc) is 3.06. The summed E-state index contributed by atoms with van der Waals surface area (Å²) in [6.07, 6.45) is 0.808. The molecule has 0 saturated heterocycles. The lowest BCUT2D eigenvalue weighted by Crippen LogP contribution is -2.09. The Labute approximate surface area is 140 Å². The van der Waals surface area contributed by atoms with Gasteiger partial charge >= 0.3 is 0 Å². The highest BCUT2D eigenvalue weighted by molar-refractivity contribution is 6.33. The third kappa shape index (κ3) is 2.57. The molecular weight excluding hydrogens is 306 g/mol. The van der Waals surface area contributed by atoms with Gasteiger partial charge in [0.25, 0.3) is 0 Å². The Morgan fingerprint density at radius 1 is 1.09 bits per heavy atom. The zero-order valence-corrected chi connectivity index (χ0v) is 13.5. The second-order valence-corrected chi connectivity index (χ2v) is 6.19. The van der Waals surface area contributed by atoms with Crippen LogP contribution < -0.4 is 5.43 Å². The average molecular weight is 322 g/mol. The SMILES string of the molecule is Cc1cccc2cc(C3=NNC(c4ccccc4)C3)c(Cl)nc12. The predicted molar refractivity (Wildman–Crippen MR) is 95.0 cm³/mol. The van der Waals surface area contributed by atoms with Crippen molar-refractivity contribution in [3.05, 3.63) is 76.4 Å². The molecule has 3 aromatic rings. The van der Waals surface area contributed by atoms with Gasteiger partial charge in [0.05, 0.1) is 17.3 Å². The Hall–Kier alpha value is -2.39. The second kappa shape index (κ2) is 5.67. The largest absolute Gasteiger partial charge is 0.302 e. The molecule has 0 amide bonds. The molecule has 23 heavy (non-hydrogen) atoms. The number of pyridine rings is 1. The number of fused-ring (bicyclic) bond motifs is 1. The molecule has 4 rings (SSSR count). The Bertz CT molecular complexity index is 903. The summed E-state index contributed by atoms with van der Waals surface area (Å²) in [6, 6.07) is 18.8. The summed E-state index contributed by atoms with van der Waals surface area (Å²) in [6.45, 7) is 2.05. The minimum absolute atomic E-state index is 0.190. The van der Waals surface area contributed by atoms with E-state index >= 15 is 0 Å². The number of hydrogen-bond acceptors (Lipinski definition) is 3. The van der Waals surface area contributed by atoms with Gasteiger partial charge in [0.15, 0.2) is 0 Å². The molecule has 1 aliphatic rings. The van der Waals surface area contributed by atoms with Crippen molar-refractivity contribution in [2.45, 2.75) is 19.4 Å². The van der Waals surface area contributed by atoms with Crippen molar-refractivity contribution in [3.63, 3.8) is 0 Å². The van der Waals surface area contributed by atoms with Gasteiger partial charge in [0, 0.05) is 17.4 Å². The lowest BCUT2D eigenvalue weighted by molar-refractivity contribution is 0.620. The molecular formula is C19H16ClN3. The number of para-hydroxylation sites is 1. The summed E-state index contributed by atoms with van der Waals surface area (Å²) in [5.41, 5.74) is 8.39. The highest BCUT2D eigenvalue weighted by atomic mass is 35.5. The first-order valence-electron chi connectivity index (χ1n) is 7.65. The van der Waals surface area contributed by atoms with E-state index in [1.807, 2.05) is 37.3 Å². The van der Waals surface area contributed by atoms with Gasteiger partial charge in [-0.2, -0.15) is 5.10 Å². The van der Waals surface area contributed by atoms with Crippen LogP contribution in [0, 0.1) is 6.92 Å². The molecule has 2 aromatic carbocycles. The zero-order valence-electron chi connectivity index (χ0n) is 12.8. The number of hydrogen-bond donors (Lipinski definition) is 1. The molecule has 2 heterocycles. The van der Waals surface area contributed by atoms with Gasteiger partial charge in [-0.3, -0.25) is 0 Å². The number of nitrogens with one attached hydrogen (secondary N) is 1. The minimum atomic E-state index is 0.190. The van der Waals surface area contributed by atoms with Crippen molar-refractivity contribution in [2.24, 2.45) is 5.10 Å². The number of aryl methyl sites for hydroxylation is 1. The summed E-state index contributed by atoms with van der Waals surface area (Å²) in [4.78, 5) is 4.57. The number of rotatable bonds is 2. The van der Waals surface area contributed by atoms with E-state index in [1.54, 1.807) is 0 Å². The van der Waals surface area contributed by atoms with Crippen molar-refractivity contribution in [1.29, 1.82) is 0 Å². The standard InChI is InChI=1S/C19H16ClN3/c1-12-6-5-9-14-10-15(19(20)21-18(12)14)17-11-16(22-23-17)13-7-3-2-4-8-13/h2-10,16,22H,11H2,1H3. The fraction of sp³-hybridized carbons (Fsp3) is 0.158. The summed E-state index contributed by atoms with van der Waals surface area (Å²) in [7, 11) is 0. The fourth-order valence-electron chi connectivity index (χ4n) is 3.02. The van der Waals surface area contributed by atoms with E-state index in [9.17, 15) is 0 Å². The highest BCUT2D eigenvalue weighted by Gasteiger charge is 2.23. The smallest absolute Gasteiger partial charge is 0.138 e. The maximum atomic E-state index is 6.43. The van der Waals surface area contributed by atoms with E-state index in [0.29, 0.717) is 5.15 Å². The summed E-state index contributed by atoms with van der Waals surface area (Å²) < 4.78 is 0. The van der Waals surface area contributed by atoms with Crippen LogP contribution in [0.3, 0.4) is 0 Å². The second-order valence-electron chi connectivity index (χ2n) is 5.83. The van der Waals surface area contributed by atoms with Gasteiger partial charge in [0.2, 0.25) is 0 Å². The lowest BCUT2D eigenvalue weighted by Gasteiger charge is -2.10. The van der Waals surface area contributed by atoms with Crippen LogP contribution in [0.2, 0.25) is 5.15 Å². The number of halogens is 1. The van der Waals surface area contributed by atoms with Gasteiger partial charge in [-0.05, 0) is 24.1 Å². The summed E-state index contributed by atoms with van der Waals surface area (Å²) in [5, 5.41) is 6.10. The Balaban J connectivity index is 1.69. The fourth-order valence-corrected chi connectivity index (χ4v) is 3.26. The molecule has 0 radical (unpaired) electrons. The number of nitrogens with zero attached hydrogens (tertiary/aromatic N) is 2. The van der Waals surface area contributed by atoms with Gasteiger partial charge in [-0.15, -0.1) is 0 Å². The molecule has 3 nitrogen and oxygen atoms in total. The van der Waals surface area contributed by atoms with E-state index in [4.69, 9.17) is 11.6 Å². The molecule has 0 saturated carbocycles. The van der Waals surface area contributed by atoms with Gasteiger partial charge in [-0.25, -0.2) is 4.98 Å². The summed E-state index contributed by atoms with van der Waals surface area (Å²) in [5.74, 6) is 0. The minimum Gasteiger partial charge on any atom is -0.302 e. The van der Waals surface area contributed by atoms with Crippen LogP contribution in [0.15, 0.2) is 59.7 Å². The first kappa shape index (κ1) is 14.2. The van der Waals surface area contributed by atoms with E-state index in [1.165, 1.54) is 5.56 Å². The van der Waals surface area contributed by atoms with Crippen LogP contribution >= 0.6 is 11.6 Å². The Kier molecular flexibility index (Phi) is 3.50. The Morgan fingerprint density at radius 3 is 2.74 bits per heavy atom. The zero-order chi connectivity index (χ0) is 15.8. The molecule has 0 fully saturated rings. The van der Waals surface area contributed by atoms with Crippen LogP contribution in [0.25, 0.3) is 10.9 Å². The number of hydrazone groups is 1. The predicted octanol–water partition coefficient (Wildman–Crippen LogP) is 4.64. The molecule has 0 spiro atoms.